The molecule has 2 amide bonds. The number of carbonyl (C=O) groups excluding carboxylic acids is 2. The molecule has 10 nitrogen and oxygen atoms in total. The molecule has 1 fully saturated rings. The molecule has 0 bridgehead atoms. The number of thioether (sulfide) groups is 1. The Kier molecular flexibility index (Phi) is 6.51. The number of thiocarbonyl (C=S) groups is 1. The smallest absolute Gasteiger partial charge is 0.326 e. The molecule has 0 spiro atoms. The third-order valence-electron chi connectivity index (χ3n) is 4.35. The predicted molar refractivity (Wildman–Crippen MR) is 116 cm³/mol. The largest absolute Gasteiger partial charge is 0.480 e. The zero-order chi connectivity index (χ0) is 22.7. The lowest BCUT2D eigenvalue weighted by Gasteiger charge is -2.22. The lowest BCUT2D eigenvalue weighted by atomic mass is 10.1. The average Bonchev–Trinajstić information content (AvgIpc) is 3.27. The first-order valence-electron chi connectivity index (χ1n) is 8.81. The molecule has 12 heteroatoms. The second-order valence-electron chi connectivity index (χ2n) is 6.39. The highest BCUT2D eigenvalue weighted by Gasteiger charge is 2.40. The number of nitro benzene ring substituents is 1. The van der Waals surface area contributed by atoms with Gasteiger partial charge >= 0.3 is 5.97 Å². The van der Waals surface area contributed by atoms with Gasteiger partial charge in [0.2, 0.25) is 5.91 Å². The Labute approximate surface area is 184 Å². The summed E-state index contributed by atoms with van der Waals surface area (Å²) in [5.41, 5.74) is 5.22. The second-order valence-corrected chi connectivity index (χ2v) is 8.06. The number of furan rings is 1. The van der Waals surface area contributed by atoms with E-state index in [-0.39, 0.29) is 44.8 Å². The van der Waals surface area contributed by atoms with Crippen LogP contribution in [0, 0.1) is 10.1 Å². The van der Waals surface area contributed by atoms with Crippen LogP contribution in [0.25, 0.3) is 17.4 Å². The molecule has 3 rings (SSSR count). The number of nitro groups is 1. The maximum Gasteiger partial charge on any atom is 0.326 e. The Bertz CT molecular complexity index is 1130. The van der Waals surface area contributed by atoms with Gasteiger partial charge < -0.3 is 15.3 Å². The highest BCUT2D eigenvalue weighted by Crippen LogP contribution is 2.36. The van der Waals surface area contributed by atoms with E-state index in [1.165, 1.54) is 36.4 Å². The van der Waals surface area contributed by atoms with Crippen LogP contribution >= 0.6 is 24.0 Å². The van der Waals surface area contributed by atoms with E-state index in [1.807, 2.05) is 0 Å². The van der Waals surface area contributed by atoms with Crippen molar-refractivity contribution in [3.8, 4) is 11.3 Å². The Morgan fingerprint density at radius 3 is 2.68 bits per heavy atom. The van der Waals surface area contributed by atoms with Crippen LogP contribution in [-0.2, 0) is 14.4 Å². The van der Waals surface area contributed by atoms with Gasteiger partial charge in [0.25, 0.3) is 11.6 Å². The quantitative estimate of drug-likeness (QED) is 0.261. The number of rotatable bonds is 8. The van der Waals surface area contributed by atoms with Gasteiger partial charge in [0, 0.05) is 18.6 Å². The molecule has 0 aliphatic carbocycles. The second kappa shape index (κ2) is 9.10. The first-order chi connectivity index (χ1) is 14.7. The number of nitrogens with zero attached hydrogens (tertiary/aromatic N) is 2. The molecule has 2 heterocycles. The summed E-state index contributed by atoms with van der Waals surface area (Å²) in [5, 5.41) is 20.7. The highest BCUT2D eigenvalue weighted by atomic mass is 32.2. The fourth-order valence-electron chi connectivity index (χ4n) is 2.94. The molecule has 0 radical (unpaired) electrons. The summed E-state index contributed by atoms with van der Waals surface area (Å²) < 4.78 is 5.67. The number of carboxylic acid groups (broad SMARTS) is 1. The van der Waals surface area contributed by atoms with Crippen LogP contribution < -0.4 is 5.73 Å². The summed E-state index contributed by atoms with van der Waals surface area (Å²) in [6.07, 6.45) is 0.988. The van der Waals surface area contributed by atoms with Crippen LogP contribution in [0.3, 0.4) is 0 Å². The third-order valence-corrected chi connectivity index (χ3v) is 5.68. The number of carbonyl (C=O) groups is 3. The summed E-state index contributed by atoms with van der Waals surface area (Å²) in [5.74, 6) is -2.17. The van der Waals surface area contributed by atoms with Gasteiger partial charge in [-0.15, -0.1) is 0 Å². The van der Waals surface area contributed by atoms with E-state index in [0.29, 0.717) is 0 Å². The zero-order valence-corrected chi connectivity index (χ0v) is 17.4. The molecule has 2 aromatic rings. The lowest BCUT2D eigenvalue weighted by molar-refractivity contribution is -0.384. The monoisotopic (exact) mass is 461 g/mol. The molecule has 160 valence electrons. The van der Waals surface area contributed by atoms with Crippen molar-refractivity contribution in [2.45, 2.75) is 18.9 Å². The van der Waals surface area contributed by atoms with Crippen molar-refractivity contribution in [1.29, 1.82) is 0 Å². The average molecular weight is 461 g/mol. The molecule has 1 aliphatic rings. The first kappa shape index (κ1) is 22.2. The molecule has 0 saturated carbocycles. The van der Waals surface area contributed by atoms with Crippen molar-refractivity contribution >= 4 is 57.8 Å². The van der Waals surface area contributed by atoms with Gasteiger partial charge in [-0.3, -0.25) is 24.6 Å². The van der Waals surface area contributed by atoms with E-state index in [0.717, 1.165) is 16.7 Å². The van der Waals surface area contributed by atoms with Gasteiger partial charge in [-0.2, -0.15) is 0 Å². The molecular weight excluding hydrogens is 446 g/mol. The molecule has 31 heavy (non-hydrogen) atoms. The van der Waals surface area contributed by atoms with E-state index in [4.69, 9.17) is 22.4 Å². The summed E-state index contributed by atoms with van der Waals surface area (Å²) in [6, 6.07) is 7.78. The molecule has 1 unspecified atom stereocenters. The number of primary amides is 1. The SMILES string of the molecule is NC(=O)CCC(C(=O)O)N1C(=O)/C(=C\c2ccc(-c3ccccc3[N+](=O)[O-])o2)SC1=S. The summed E-state index contributed by atoms with van der Waals surface area (Å²) >= 11 is 6.05. The van der Waals surface area contributed by atoms with Crippen LogP contribution in [0.1, 0.15) is 18.6 Å². The van der Waals surface area contributed by atoms with Crippen LogP contribution in [0.5, 0.6) is 0 Å². The highest BCUT2D eigenvalue weighted by molar-refractivity contribution is 8.26. The summed E-state index contributed by atoms with van der Waals surface area (Å²) in [4.78, 5) is 47.1. The van der Waals surface area contributed by atoms with Crippen molar-refractivity contribution in [3.05, 3.63) is 57.2 Å². The molecular formula is C19H15N3O7S2. The topological polar surface area (TPSA) is 157 Å². The Morgan fingerprint density at radius 2 is 2.03 bits per heavy atom. The first-order valence-corrected chi connectivity index (χ1v) is 10.0. The van der Waals surface area contributed by atoms with Crippen LogP contribution in [-0.4, -0.2) is 43.1 Å². The normalized spacial score (nSPS) is 16.0. The minimum atomic E-state index is -1.33. The standard InChI is InChI=1S/C19H15N3O7S2/c20-16(23)8-6-13(18(25)26)21-17(24)15(31-19(21)30)9-10-5-7-14(29-10)11-3-1-2-4-12(11)22(27)28/h1-5,7,9,13H,6,8H2,(H2,20,23)(H,25,26)/b15-9+. The summed E-state index contributed by atoms with van der Waals surface area (Å²) in [7, 11) is 0. The zero-order valence-electron chi connectivity index (χ0n) is 15.7. The van der Waals surface area contributed by atoms with Gasteiger partial charge in [0.05, 0.1) is 15.4 Å². The molecule has 1 aromatic carbocycles. The Balaban J connectivity index is 1.86. The van der Waals surface area contributed by atoms with Gasteiger partial charge in [-0.05, 0) is 24.6 Å². The Hall–Kier alpha value is -3.51. The van der Waals surface area contributed by atoms with Crippen LogP contribution in [0.4, 0.5) is 5.69 Å². The fourth-order valence-corrected chi connectivity index (χ4v) is 4.27. The van der Waals surface area contributed by atoms with Crippen molar-refractivity contribution in [3.63, 3.8) is 0 Å². The van der Waals surface area contributed by atoms with Gasteiger partial charge in [0.15, 0.2) is 0 Å². The van der Waals surface area contributed by atoms with Gasteiger partial charge in [0.1, 0.15) is 21.9 Å². The number of amides is 2. The molecule has 1 aliphatic heterocycles. The number of nitrogens with two attached hydrogens (primary N) is 1. The van der Waals surface area contributed by atoms with E-state index in [1.54, 1.807) is 6.07 Å². The number of hydrogen-bond donors (Lipinski definition) is 2. The fraction of sp³-hybridized carbons (Fsp3) is 0.158. The Morgan fingerprint density at radius 1 is 1.32 bits per heavy atom. The number of aliphatic carboxylic acids is 1. The maximum atomic E-state index is 12.8. The number of carboxylic acids is 1. The minimum Gasteiger partial charge on any atom is -0.480 e. The van der Waals surface area contributed by atoms with E-state index >= 15 is 0 Å². The van der Waals surface area contributed by atoms with Crippen molar-refractivity contribution < 1.29 is 28.8 Å². The van der Waals surface area contributed by atoms with Gasteiger partial charge in [-0.25, -0.2) is 4.79 Å². The van der Waals surface area contributed by atoms with Crippen LogP contribution in [0.15, 0.2) is 45.7 Å². The number of benzene rings is 1. The molecule has 1 atom stereocenters. The summed E-state index contributed by atoms with van der Waals surface area (Å²) in [6.45, 7) is 0. The number of para-hydroxylation sites is 1. The predicted octanol–water partition coefficient (Wildman–Crippen LogP) is 2.77. The maximum absolute atomic E-state index is 12.8. The molecule has 1 aromatic heterocycles. The third kappa shape index (κ3) is 4.81. The van der Waals surface area contributed by atoms with Gasteiger partial charge in [-0.1, -0.05) is 36.1 Å². The van der Waals surface area contributed by atoms with Crippen molar-refractivity contribution in [2.75, 3.05) is 0 Å². The lowest BCUT2D eigenvalue weighted by Crippen LogP contribution is -2.44. The van der Waals surface area contributed by atoms with E-state index < -0.39 is 28.7 Å². The van der Waals surface area contributed by atoms with E-state index in [2.05, 4.69) is 0 Å². The molecule has 1 saturated heterocycles. The van der Waals surface area contributed by atoms with E-state index in [9.17, 15) is 29.6 Å². The van der Waals surface area contributed by atoms with Crippen LogP contribution in [0.2, 0.25) is 0 Å². The number of hydrogen-bond acceptors (Lipinski definition) is 8. The molecule has 3 N–H and O–H groups in total. The van der Waals surface area contributed by atoms with Crippen molar-refractivity contribution in [2.24, 2.45) is 5.73 Å². The van der Waals surface area contributed by atoms with Crippen molar-refractivity contribution in [1.82, 2.24) is 4.90 Å². The minimum absolute atomic E-state index is 0.0265.